The van der Waals surface area contributed by atoms with Gasteiger partial charge in [0, 0.05) is 23.5 Å². The highest BCUT2D eigenvalue weighted by atomic mass is 32.2. The minimum Gasteiger partial charge on any atom is -0.366 e. The first-order chi connectivity index (χ1) is 16.5. The Morgan fingerprint density at radius 1 is 1.14 bits per heavy atom. The predicted octanol–water partition coefficient (Wildman–Crippen LogP) is 6.09. The second kappa shape index (κ2) is 9.53. The number of nitrogens with one attached hydrogen (secondary N) is 1. The lowest BCUT2D eigenvalue weighted by Gasteiger charge is -2.47. The summed E-state index contributed by atoms with van der Waals surface area (Å²) < 4.78 is 0. The molecular formula is C28H33N3O3S. The van der Waals surface area contributed by atoms with Crippen molar-refractivity contribution >= 4 is 46.3 Å². The molecule has 2 heterocycles. The lowest BCUT2D eigenvalue weighted by molar-refractivity contribution is -0.127. The third kappa shape index (κ3) is 5.01. The zero-order chi connectivity index (χ0) is 25.5. The van der Waals surface area contributed by atoms with Gasteiger partial charge in [-0.1, -0.05) is 19.1 Å². The van der Waals surface area contributed by atoms with Gasteiger partial charge in [-0.05, 0) is 111 Å². The molecule has 0 bridgehead atoms. The standard InChI is InChI=1S/C28H33N3O3S/c1-7-31-23-11-9-20(13-22(23)19(4)15-28(31,5)6)14-24-26(33)30(27(34)35-24)16-25(32)29-21-10-8-17(2)18(3)12-21/h8-14,19H,7,15-16H2,1-6H3,(H,29,32)/b24-14-. The normalized spacial score (nSPS) is 20.4. The lowest BCUT2D eigenvalue weighted by atomic mass is 9.79. The summed E-state index contributed by atoms with van der Waals surface area (Å²) in [6.07, 6.45) is 2.80. The number of nitrogens with zero attached hydrogens (tertiary/aromatic N) is 2. The first-order valence-corrected chi connectivity index (χ1v) is 12.9. The van der Waals surface area contributed by atoms with Crippen molar-refractivity contribution in [2.24, 2.45) is 0 Å². The van der Waals surface area contributed by atoms with Gasteiger partial charge in [-0.25, -0.2) is 0 Å². The predicted molar refractivity (Wildman–Crippen MR) is 144 cm³/mol. The van der Waals surface area contributed by atoms with E-state index in [1.165, 1.54) is 11.3 Å². The fourth-order valence-corrected chi connectivity index (χ4v) is 5.99. The zero-order valence-electron chi connectivity index (χ0n) is 21.3. The number of imide groups is 1. The quantitative estimate of drug-likeness (QED) is 0.513. The van der Waals surface area contributed by atoms with Crippen molar-refractivity contribution in [1.29, 1.82) is 0 Å². The number of thioether (sulfide) groups is 1. The molecule has 0 aromatic heterocycles. The van der Waals surface area contributed by atoms with Gasteiger partial charge in [0.05, 0.1) is 4.91 Å². The van der Waals surface area contributed by atoms with E-state index in [1.807, 2.05) is 38.1 Å². The second-order valence-electron chi connectivity index (χ2n) is 10.1. The first-order valence-electron chi connectivity index (χ1n) is 12.0. The lowest BCUT2D eigenvalue weighted by Crippen LogP contribution is -2.48. The van der Waals surface area contributed by atoms with Crippen LogP contribution in [0.2, 0.25) is 0 Å². The van der Waals surface area contributed by atoms with Gasteiger partial charge in [-0.2, -0.15) is 0 Å². The molecule has 1 fully saturated rings. The summed E-state index contributed by atoms with van der Waals surface area (Å²) in [5.74, 6) is -0.445. The monoisotopic (exact) mass is 491 g/mol. The summed E-state index contributed by atoms with van der Waals surface area (Å²) in [7, 11) is 0. The fourth-order valence-electron chi connectivity index (χ4n) is 5.15. The molecule has 184 valence electrons. The molecule has 4 rings (SSSR count). The Kier molecular flexibility index (Phi) is 6.82. The highest BCUT2D eigenvalue weighted by Crippen LogP contribution is 2.44. The Hall–Kier alpha value is -3.06. The van der Waals surface area contributed by atoms with Crippen molar-refractivity contribution in [1.82, 2.24) is 4.90 Å². The molecule has 0 radical (unpaired) electrons. The Bertz CT molecular complexity index is 1230. The van der Waals surface area contributed by atoms with Gasteiger partial charge < -0.3 is 10.2 Å². The molecule has 1 unspecified atom stereocenters. The van der Waals surface area contributed by atoms with Gasteiger partial charge in [-0.15, -0.1) is 0 Å². The van der Waals surface area contributed by atoms with Crippen LogP contribution < -0.4 is 10.2 Å². The highest BCUT2D eigenvalue weighted by molar-refractivity contribution is 8.18. The molecule has 1 atom stereocenters. The summed E-state index contributed by atoms with van der Waals surface area (Å²) in [5.41, 5.74) is 6.29. The molecule has 35 heavy (non-hydrogen) atoms. The van der Waals surface area contributed by atoms with Crippen LogP contribution >= 0.6 is 11.8 Å². The number of carbonyl (C=O) groups excluding carboxylic acids is 3. The average Bonchev–Trinajstić information content (AvgIpc) is 3.03. The van der Waals surface area contributed by atoms with E-state index in [0.29, 0.717) is 16.5 Å². The molecule has 6 nitrogen and oxygen atoms in total. The smallest absolute Gasteiger partial charge is 0.294 e. The van der Waals surface area contributed by atoms with E-state index < -0.39 is 17.1 Å². The van der Waals surface area contributed by atoms with Crippen LogP contribution in [0.5, 0.6) is 0 Å². The van der Waals surface area contributed by atoms with E-state index in [1.54, 1.807) is 6.08 Å². The van der Waals surface area contributed by atoms with Crippen LogP contribution in [0.3, 0.4) is 0 Å². The van der Waals surface area contributed by atoms with Gasteiger partial charge in [-0.3, -0.25) is 19.3 Å². The molecule has 1 saturated heterocycles. The molecule has 0 saturated carbocycles. The van der Waals surface area contributed by atoms with Crippen molar-refractivity contribution in [3.05, 3.63) is 63.6 Å². The minimum absolute atomic E-state index is 0.0865. The van der Waals surface area contributed by atoms with Crippen LogP contribution in [-0.4, -0.2) is 40.6 Å². The van der Waals surface area contributed by atoms with Crippen LogP contribution in [0, 0.1) is 13.8 Å². The summed E-state index contributed by atoms with van der Waals surface area (Å²) >= 11 is 0.880. The molecule has 1 N–H and O–H groups in total. The molecular weight excluding hydrogens is 458 g/mol. The first kappa shape index (κ1) is 25.0. The number of anilines is 2. The van der Waals surface area contributed by atoms with E-state index in [0.717, 1.165) is 46.3 Å². The summed E-state index contributed by atoms with van der Waals surface area (Å²) in [6, 6.07) is 11.8. The van der Waals surface area contributed by atoms with E-state index >= 15 is 0 Å². The van der Waals surface area contributed by atoms with Gasteiger partial charge >= 0.3 is 0 Å². The largest absolute Gasteiger partial charge is 0.366 e. The van der Waals surface area contributed by atoms with Gasteiger partial charge in [0.15, 0.2) is 0 Å². The van der Waals surface area contributed by atoms with Crippen molar-refractivity contribution in [2.45, 2.75) is 59.4 Å². The summed E-state index contributed by atoms with van der Waals surface area (Å²) in [6.45, 7) is 13.5. The van der Waals surface area contributed by atoms with E-state index in [2.05, 4.69) is 50.0 Å². The van der Waals surface area contributed by atoms with Crippen molar-refractivity contribution in [3.63, 3.8) is 0 Å². The van der Waals surface area contributed by atoms with E-state index in [-0.39, 0.29) is 12.1 Å². The molecule has 3 amide bonds. The summed E-state index contributed by atoms with van der Waals surface area (Å²) in [4.78, 5) is 41.8. The van der Waals surface area contributed by atoms with Crippen molar-refractivity contribution in [3.8, 4) is 0 Å². The topological polar surface area (TPSA) is 69.7 Å². The second-order valence-corrected chi connectivity index (χ2v) is 11.1. The molecule has 2 aromatic rings. The number of hydrogen-bond acceptors (Lipinski definition) is 5. The Labute approximate surface area is 211 Å². The SMILES string of the molecule is CCN1c2ccc(/C=C3\SC(=O)N(CC(=O)Nc4ccc(C)c(C)c4)C3=O)cc2C(C)CC1(C)C. The van der Waals surface area contributed by atoms with Crippen LogP contribution in [0.15, 0.2) is 41.3 Å². The number of amides is 3. The number of fused-ring (bicyclic) bond motifs is 1. The third-order valence-corrected chi connectivity index (χ3v) is 7.90. The maximum Gasteiger partial charge on any atom is 0.294 e. The number of aryl methyl sites for hydroxylation is 2. The molecule has 0 aliphatic carbocycles. The van der Waals surface area contributed by atoms with Crippen LogP contribution in [0.4, 0.5) is 16.2 Å². The Balaban J connectivity index is 1.50. The van der Waals surface area contributed by atoms with Crippen LogP contribution in [0.1, 0.15) is 62.3 Å². The van der Waals surface area contributed by atoms with Crippen molar-refractivity contribution < 1.29 is 14.4 Å². The molecule has 2 aliphatic heterocycles. The van der Waals surface area contributed by atoms with E-state index in [9.17, 15) is 14.4 Å². The molecule has 7 heteroatoms. The number of hydrogen-bond donors (Lipinski definition) is 1. The minimum atomic E-state index is -0.433. The number of benzene rings is 2. The Morgan fingerprint density at radius 3 is 2.57 bits per heavy atom. The maximum absolute atomic E-state index is 13.0. The molecule has 0 spiro atoms. The van der Waals surface area contributed by atoms with Crippen LogP contribution in [-0.2, 0) is 9.59 Å². The van der Waals surface area contributed by atoms with Crippen molar-refractivity contribution in [2.75, 3.05) is 23.3 Å². The summed E-state index contributed by atoms with van der Waals surface area (Å²) in [5, 5.41) is 2.35. The van der Waals surface area contributed by atoms with Crippen LogP contribution in [0.25, 0.3) is 6.08 Å². The average molecular weight is 492 g/mol. The fraction of sp³-hybridized carbons (Fsp3) is 0.393. The maximum atomic E-state index is 13.0. The molecule has 2 aromatic carbocycles. The highest BCUT2D eigenvalue weighted by Gasteiger charge is 2.37. The van der Waals surface area contributed by atoms with Gasteiger partial charge in [0.1, 0.15) is 6.54 Å². The van der Waals surface area contributed by atoms with Gasteiger partial charge in [0.25, 0.3) is 11.1 Å². The number of rotatable bonds is 5. The van der Waals surface area contributed by atoms with E-state index in [4.69, 9.17) is 0 Å². The third-order valence-electron chi connectivity index (χ3n) is 6.99. The number of carbonyl (C=O) groups is 3. The Morgan fingerprint density at radius 2 is 1.89 bits per heavy atom. The zero-order valence-corrected chi connectivity index (χ0v) is 22.1. The molecule has 2 aliphatic rings. The van der Waals surface area contributed by atoms with Gasteiger partial charge in [0.2, 0.25) is 5.91 Å².